The summed E-state index contributed by atoms with van der Waals surface area (Å²) in [6.45, 7) is 5.04. The first-order valence-electron chi connectivity index (χ1n) is 6.39. The van der Waals surface area contributed by atoms with E-state index in [9.17, 15) is 4.79 Å². The van der Waals surface area contributed by atoms with Crippen molar-refractivity contribution < 1.29 is 4.79 Å². The highest BCUT2D eigenvalue weighted by atomic mass is 79.9. The third-order valence-corrected chi connectivity index (χ3v) is 4.18. The number of hydrogen-bond donors (Lipinski definition) is 1. The highest BCUT2D eigenvalue weighted by molar-refractivity contribution is 9.10. The Morgan fingerprint density at radius 2 is 2.17 bits per heavy atom. The summed E-state index contributed by atoms with van der Waals surface area (Å²) in [6.07, 6.45) is 3.07. The van der Waals surface area contributed by atoms with E-state index in [1.54, 1.807) is 0 Å². The Morgan fingerprint density at radius 1 is 1.44 bits per heavy atom. The second-order valence-electron chi connectivity index (χ2n) is 4.91. The monoisotopic (exact) mass is 310 g/mol. The average molecular weight is 311 g/mol. The predicted molar refractivity (Wildman–Crippen MR) is 77.9 cm³/mol. The van der Waals surface area contributed by atoms with Gasteiger partial charge in [0, 0.05) is 24.1 Å². The molecule has 1 fully saturated rings. The number of rotatable bonds is 4. The zero-order valence-corrected chi connectivity index (χ0v) is 12.2. The topological polar surface area (TPSA) is 32.3 Å². The lowest BCUT2D eigenvalue weighted by atomic mass is 9.96. The van der Waals surface area contributed by atoms with Gasteiger partial charge in [-0.15, -0.1) is 0 Å². The molecule has 4 heteroatoms. The number of hydrogen-bond acceptors (Lipinski definition) is 2. The lowest BCUT2D eigenvalue weighted by Crippen LogP contribution is -2.37. The zero-order valence-electron chi connectivity index (χ0n) is 10.7. The quantitative estimate of drug-likeness (QED) is 0.867. The van der Waals surface area contributed by atoms with Crippen LogP contribution in [0.5, 0.6) is 0 Å². The van der Waals surface area contributed by atoms with E-state index >= 15 is 0 Å². The standard InChI is InChI=1S/C14H19BrN2O/c1-11-2-3-14(13(15)8-11)17-6-4-12(5-7-17)9-16-10-18/h2-3,8,10,12H,4-7,9H2,1H3,(H,16,18). The number of benzene rings is 1. The van der Waals surface area contributed by atoms with Crippen molar-refractivity contribution in [3.8, 4) is 0 Å². The van der Waals surface area contributed by atoms with Gasteiger partial charge in [0.2, 0.25) is 6.41 Å². The molecular weight excluding hydrogens is 292 g/mol. The van der Waals surface area contributed by atoms with Gasteiger partial charge in [-0.3, -0.25) is 4.79 Å². The summed E-state index contributed by atoms with van der Waals surface area (Å²) >= 11 is 3.64. The maximum Gasteiger partial charge on any atom is 0.207 e. The summed E-state index contributed by atoms with van der Waals surface area (Å²) in [7, 11) is 0. The first-order chi connectivity index (χ1) is 8.70. The molecule has 0 aliphatic carbocycles. The summed E-state index contributed by atoms with van der Waals surface area (Å²) in [4.78, 5) is 12.7. The summed E-state index contributed by atoms with van der Waals surface area (Å²) in [5, 5.41) is 2.78. The fourth-order valence-electron chi connectivity index (χ4n) is 2.46. The normalized spacial score (nSPS) is 16.7. The minimum atomic E-state index is 0.621. The van der Waals surface area contributed by atoms with Gasteiger partial charge in [-0.25, -0.2) is 0 Å². The van der Waals surface area contributed by atoms with Crippen LogP contribution in [0.3, 0.4) is 0 Å². The summed E-state index contributed by atoms with van der Waals surface area (Å²) in [6, 6.07) is 6.50. The van der Waals surface area contributed by atoms with Crippen molar-refractivity contribution in [2.45, 2.75) is 19.8 Å². The Bertz CT molecular complexity index is 414. The van der Waals surface area contributed by atoms with Crippen LogP contribution in [0.15, 0.2) is 22.7 Å². The molecule has 0 spiro atoms. The van der Waals surface area contributed by atoms with Gasteiger partial charge in [0.25, 0.3) is 0 Å². The zero-order chi connectivity index (χ0) is 13.0. The van der Waals surface area contributed by atoms with Crippen molar-refractivity contribution in [2.75, 3.05) is 24.5 Å². The number of carbonyl (C=O) groups is 1. The van der Waals surface area contributed by atoms with Gasteiger partial charge in [-0.2, -0.15) is 0 Å². The van der Waals surface area contributed by atoms with E-state index in [1.807, 2.05) is 0 Å². The molecule has 18 heavy (non-hydrogen) atoms. The van der Waals surface area contributed by atoms with Gasteiger partial charge < -0.3 is 10.2 Å². The van der Waals surface area contributed by atoms with Crippen LogP contribution >= 0.6 is 15.9 Å². The minimum Gasteiger partial charge on any atom is -0.371 e. The molecule has 0 bridgehead atoms. The smallest absolute Gasteiger partial charge is 0.207 e. The second kappa shape index (κ2) is 6.23. The highest BCUT2D eigenvalue weighted by Gasteiger charge is 2.20. The van der Waals surface area contributed by atoms with Crippen LogP contribution in [0.25, 0.3) is 0 Å². The first kappa shape index (κ1) is 13.4. The number of halogens is 1. The Kier molecular flexibility index (Phi) is 4.64. The van der Waals surface area contributed by atoms with Crippen LogP contribution < -0.4 is 10.2 Å². The van der Waals surface area contributed by atoms with Crippen LogP contribution in [0.4, 0.5) is 5.69 Å². The van der Waals surface area contributed by atoms with Gasteiger partial charge in [0.15, 0.2) is 0 Å². The Labute approximate surface area is 117 Å². The van der Waals surface area contributed by atoms with Crippen LogP contribution in [0.1, 0.15) is 18.4 Å². The number of piperidine rings is 1. The molecule has 0 saturated carbocycles. The molecular formula is C14H19BrN2O. The molecule has 1 N–H and O–H groups in total. The SMILES string of the molecule is Cc1ccc(N2CCC(CNC=O)CC2)c(Br)c1. The van der Waals surface area contributed by atoms with E-state index in [1.165, 1.54) is 15.7 Å². The maximum absolute atomic E-state index is 10.3. The molecule has 1 aromatic carbocycles. The average Bonchev–Trinajstić information content (AvgIpc) is 2.37. The molecule has 0 radical (unpaired) electrons. The lowest BCUT2D eigenvalue weighted by Gasteiger charge is -2.34. The van der Waals surface area contributed by atoms with Crippen LogP contribution in [0, 0.1) is 12.8 Å². The largest absolute Gasteiger partial charge is 0.371 e. The predicted octanol–water partition coefficient (Wildman–Crippen LogP) is 2.72. The summed E-state index contributed by atoms with van der Waals surface area (Å²) < 4.78 is 1.17. The second-order valence-corrected chi connectivity index (χ2v) is 5.77. The van der Waals surface area contributed by atoms with Crippen molar-refractivity contribution >= 4 is 28.0 Å². The van der Waals surface area contributed by atoms with Gasteiger partial charge in [-0.1, -0.05) is 6.07 Å². The molecule has 1 aliphatic heterocycles. The lowest BCUT2D eigenvalue weighted by molar-refractivity contribution is -0.109. The van der Waals surface area contributed by atoms with E-state index in [0.29, 0.717) is 5.92 Å². The fourth-order valence-corrected chi connectivity index (χ4v) is 3.21. The molecule has 1 heterocycles. The number of anilines is 1. The summed E-state index contributed by atoms with van der Waals surface area (Å²) in [5.41, 5.74) is 2.55. The molecule has 1 aromatic rings. The van der Waals surface area contributed by atoms with Gasteiger partial charge in [-0.05, 0) is 59.3 Å². The summed E-state index contributed by atoms with van der Waals surface area (Å²) in [5.74, 6) is 0.621. The van der Waals surface area contributed by atoms with E-state index in [0.717, 1.165) is 38.9 Å². The number of carbonyl (C=O) groups excluding carboxylic acids is 1. The van der Waals surface area contributed by atoms with Crippen LogP contribution in [-0.2, 0) is 4.79 Å². The van der Waals surface area contributed by atoms with E-state index in [-0.39, 0.29) is 0 Å². The molecule has 1 amide bonds. The Hall–Kier alpha value is -1.03. The number of amides is 1. The molecule has 0 aromatic heterocycles. The van der Waals surface area contributed by atoms with Gasteiger partial charge in [0.05, 0.1) is 5.69 Å². The van der Waals surface area contributed by atoms with E-state index in [4.69, 9.17) is 0 Å². The molecule has 2 rings (SSSR count). The molecule has 0 unspecified atom stereocenters. The van der Waals surface area contributed by atoms with Gasteiger partial charge >= 0.3 is 0 Å². The van der Waals surface area contributed by atoms with Crippen molar-refractivity contribution in [1.29, 1.82) is 0 Å². The van der Waals surface area contributed by atoms with Crippen LogP contribution in [0.2, 0.25) is 0 Å². The Morgan fingerprint density at radius 3 is 2.78 bits per heavy atom. The van der Waals surface area contributed by atoms with Crippen molar-refractivity contribution in [1.82, 2.24) is 5.32 Å². The van der Waals surface area contributed by atoms with Gasteiger partial charge in [0.1, 0.15) is 0 Å². The maximum atomic E-state index is 10.3. The number of aryl methyl sites for hydroxylation is 1. The van der Waals surface area contributed by atoms with E-state index in [2.05, 4.69) is 51.3 Å². The van der Waals surface area contributed by atoms with Crippen molar-refractivity contribution in [3.05, 3.63) is 28.2 Å². The first-order valence-corrected chi connectivity index (χ1v) is 7.18. The van der Waals surface area contributed by atoms with E-state index < -0.39 is 0 Å². The number of nitrogens with zero attached hydrogens (tertiary/aromatic N) is 1. The molecule has 98 valence electrons. The Balaban J connectivity index is 1.94. The molecule has 1 aliphatic rings. The number of nitrogens with one attached hydrogen (secondary N) is 1. The highest BCUT2D eigenvalue weighted by Crippen LogP contribution is 2.30. The third-order valence-electron chi connectivity index (χ3n) is 3.55. The fraction of sp³-hybridized carbons (Fsp3) is 0.500. The molecule has 3 nitrogen and oxygen atoms in total. The third kappa shape index (κ3) is 3.25. The molecule has 1 saturated heterocycles. The van der Waals surface area contributed by atoms with Crippen LogP contribution in [-0.4, -0.2) is 26.0 Å². The minimum absolute atomic E-state index is 0.621. The van der Waals surface area contributed by atoms with Crippen molar-refractivity contribution in [2.24, 2.45) is 5.92 Å². The molecule has 0 atom stereocenters. The van der Waals surface area contributed by atoms with Crippen molar-refractivity contribution in [3.63, 3.8) is 0 Å².